The van der Waals surface area contributed by atoms with Crippen LogP contribution in [0.1, 0.15) is 12.0 Å². The van der Waals surface area contributed by atoms with Gasteiger partial charge in [-0.15, -0.1) is 17.9 Å². The van der Waals surface area contributed by atoms with Crippen LogP contribution in [-0.4, -0.2) is 0 Å². The Morgan fingerprint density at radius 1 is 1.31 bits per heavy atom. The lowest BCUT2D eigenvalue weighted by Crippen LogP contribution is -1.81. The van der Waals surface area contributed by atoms with Crippen molar-refractivity contribution in [1.82, 2.24) is 0 Å². The standard InChI is InChI=1S/C12H12S/c1-2-3-4-10-5-6-12-11(9-10)7-8-13-12/h2,5-9H,1,3-4H2. The monoisotopic (exact) mass is 188 g/mol. The molecule has 0 saturated heterocycles. The Kier molecular flexibility index (Phi) is 2.46. The Labute approximate surface area is 82.5 Å². The van der Waals surface area contributed by atoms with Crippen molar-refractivity contribution in [2.45, 2.75) is 12.8 Å². The summed E-state index contributed by atoms with van der Waals surface area (Å²) in [5.74, 6) is 0. The summed E-state index contributed by atoms with van der Waals surface area (Å²) in [5, 5.41) is 3.51. The predicted octanol–water partition coefficient (Wildman–Crippen LogP) is 4.02. The molecule has 0 radical (unpaired) electrons. The number of thiophene rings is 1. The van der Waals surface area contributed by atoms with Gasteiger partial charge < -0.3 is 0 Å². The van der Waals surface area contributed by atoms with Crippen molar-refractivity contribution in [3.63, 3.8) is 0 Å². The molecule has 0 unspecified atom stereocenters. The van der Waals surface area contributed by atoms with Crippen molar-refractivity contribution < 1.29 is 0 Å². The maximum absolute atomic E-state index is 3.73. The highest BCUT2D eigenvalue weighted by Crippen LogP contribution is 2.22. The minimum Gasteiger partial charge on any atom is -0.144 e. The molecule has 0 aliphatic heterocycles. The maximum atomic E-state index is 3.73. The summed E-state index contributed by atoms with van der Waals surface area (Å²) >= 11 is 1.80. The van der Waals surface area contributed by atoms with Gasteiger partial charge in [-0.2, -0.15) is 0 Å². The van der Waals surface area contributed by atoms with E-state index in [1.54, 1.807) is 11.3 Å². The van der Waals surface area contributed by atoms with Crippen molar-refractivity contribution in [1.29, 1.82) is 0 Å². The average molecular weight is 188 g/mol. The molecular formula is C12H12S. The SMILES string of the molecule is C=CCCc1ccc2sccc2c1. The van der Waals surface area contributed by atoms with Crippen LogP contribution in [0.2, 0.25) is 0 Å². The fraction of sp³-hybridized carbons (Fsp3) is 0.167. The first-order valence-corrected chi connectivity index (χ1v) is 5.35. The number of rotatable bonds is 3. The third-order valence-electron chi connectivity index (χ3n) is 2.15. The Morgan fingerprint density at radius 3 is 3.08 bits per heavy atom. The molecule has 1 heterocycles. The second kappa shape index (κ2) is 3.75. The number of aryl methyl sites for hydroxylation is 1. The normalized spacial score (nSPS) is 10.5. The molecule has 1 aromatic heterocycles. The highest BCUT2D eigenvalue weighted by Gasteiger charge is 1.96. The minimum absolute atomic E-state index is 1.07. The lowest BCUT2D eigenvalue weighted by atomic mass is 10.1. The highest BCUT2D eigenvalue weighted by atomic mass is 32.1. The first-order chi connectivity index (χ1) is 6.40. The van der Waals surface area contributed by atoms with E-state index in [0.29, 0.717) is 0 Å². The van der Waals surface area contributed by atoms with Crippen molar-refractivity contribution in [2.75, 3.05) is 0 Å². The zero-order valence-electron chi connectivity index (χ0n) is 7.49. The van der Waals surface area contributed by atoms with Gasteiger partial charge in [-0.25, -0.2) is 0 Å². The van der Waals surface area contributed by atoms with Crippen LogP contribution in [0.4, 0.5) is 0 Å². The zero-order valence-corrected chi connectivity index (χ0v) is 8.31. The van der Waals surface area contributed by atoms with Crippen LogP contribution in [0.25, 0.3) is 10.1 Å². The lowest BCUT2D eigenvalue weighted by molar-refractivity contribution is 1.01. The molecule has 2 aromatic rings. The molecule has 0 saturated carbocycles. The second-order valence-electron chi connectivity index (χ2n) is 3.12. The highest BCUT2D eigenvalue weighted by molar-refractivity contribution is 7.17. The van der Waals surface area contributed by atoms with Gasteiger partial charge in [-0.3, -0.25) is 0 Å². The van der Waals surface area contributed by atoms with Crippen molar-refractivity contribution >= 4 is 21.4 Å². The third kappa shape index (κ3) is 1.81. The molecule has 0 bridgehead atoms. The van der Waals surface area contributed by atoms with E-state index in [2.05, 4.69) is 36.2 Å². The van der Waals surface area contributed by atoms with Crippen LogP contribution >= 0.6 is 11.3 Å². The van der Waals surface area contributed by atoms with E-state index in [0.717, 1.165) is 12.8 Å². The van der Waals surface area contributed by atoms with Crippen LogP contribution in [0, 0.1) is 0 Å². The van der Waals surface area contributed by atoms with E-state index in [4.69, 9.17) is 0 Å². The molecule has 0 aliphatic rings. The van der Waals surface area contributed by atoms with Crippen molar-refractivity contribution in [3.8, 4) is 0 Å². The maximum Gasteiger partial charge on any atom is 0.0342 e. The Hall–Kier alpha value is -1.08. The van der Waals surface area contributed by atoms with Crippen LogP contribution < -0.4 is 0 Å². The van der Waals surface area contributed by atoms with Crippen LogP contribution in [0.3, 0.4) is 0 Å². The molecule has 66 valence electrons. The number of fused-ring (bicyclic) bond motifs is 1. The van der Waals surface area contributed by atoms with Gasteiger partial charge >= 0.3 is 0 Å². The number of allylic oxidation sites excluding steroid dienone is 1. The molecule has 0 atom stereocenters. The molecule has 0 amide bonds. The van der Waals surface area contributed by atoms with Crippen LogP contribution in [0.15, 0.2) is 42.3 Å². The first kappa shape index (κ1) is 8.52. The molecule has 13 heavy (non-hydrogen) atoms. The van der Waals surface area contributed by atoms with Gasteiger partial charge in [-0.05, 0) is 41.3 Å². The van der Waals surface area contributed by atoms with Crippen molar-refractivity contribution in [3.05, 3.63) is 47.9 Å². The molecule has 1 aromatic carbocycles. The number of hydrogen-bond donors (Lipinski definition) is 0. The van der Waals surface area contributed by atoms with Crippen LogP contribution in [-0.2, 0) is 6.42 Å². The van der Waals surface area contributed by atoms with E-state index in [-0.39, 0.29) is 0 Å². The Morgan fingerprint density at radius 2 is 2.23 bits per heavy atom. The quantitative estimate of drug-likeness (QED) is 0.638. The molecule has 0 fully saturated rings. The topological polar surface area (TPSA) is 0 Å². The fourth-order valence-electron chi connectivity index (χ4n) is 1.44. The van der Waals surface area contributed by atoms with Gasteiger partial charge in [0.25, 0.3) is 0 Å². The molecule has 0 nitrogen and oxygen atoms in total. The lowest BCUT2D eigenvalue weighted by Gasteiger charge is -1.97. The van der Waals surface area contributed by atoms with Gasteiger partial charge in [0, 0.05) is 4.70 Å². The van der Waals surface area contributed by atoms with Gasteiger partial charge in [0.1, 0.15) is 0 Å². The van der Waals surface area contributed by atoms with Gasteiger partial charge in [-0.1, -0.05) is 18.2 Å². The average Bonchev–Trinajstić information content (AvgIpc) is 2.61. The fourth-order valence-corrected chi connectivity index (χ4v) is 2.21. The summed E-state index contributed by atoms with van der Waals surface area (Å²) < 4.78 is 1.38. The van der Waals surface area contributed by atoms with E-state index < -0.39 is 0 Å². The smallest absolute Gasteiger partial charge is 0.0342 e. The largest absolute Gasteiger partial charge is 0.144 e. The summed E-state index contributed by atoms with van der Waals surface area (Å²) in [7, 11) is 0. The van der Waals surface area contributed by atoms with E-state index in [1.807, 2.05) is 6.08 Å². The number of benzene rings is 1. The van der Waals surface area contributed by atoms with Gasteiger partial charge in [0.05, 0.1) is 0 Å². The summed E-state index contributed by atoms with van der Waals surface area (Å²) in [5.41, 5.74) is 1.41. The zero-order chi connectivity index (χ0) is 9.10. The summed E-state index contributed by atoms with van der Waals surface area (Å²) in [6.07, 6.45) is 4.14. The molecular weight excluding hydrogens is 176 g/mol. The number of hydrogen-bond acceptors (Lipinski definition) is 1. The minimum atomic E-state index is 1.07. The predicted molar refractivity (Wildman–Crippen MR) is 60.3 cm³/mol. The Balaban J connectivity index is 2.31. The van der Waals surface area contributed by atoms with E-state index in [1.165, 1.54) is 15.6 Å². The summed E-state index contributed by atoms with van der Waals surface area (Å²) in [6, 6.07) is 8.87. The summed E-state index contributed by atoms with van der Waals surface area (Å²) in [4.78, 5) is 0. The third-order valence-corrected chi connectivity index (χ3v) is 3.05. The molecule has 0 N–H and O–H groups in total. The van der Waals surface area contributed by atoms with E-state index >= 15 is 0 Å². The van der Waals surface area contributed by atoms with Crippen molar-refractivity contribution in [2.24, 2.45) is 0 Å². The second-order valence-corrected chi connectivity index (χ2v) is 4.07. The van der Waals surface area contributed by atoms with Crippen LogP contribution in [0.5, 0.6) is 0 Å². The first-order valence-electron chi connectivity index (χ1n) is 4.47. The van der Waals surface area contributed by atoms with Gasteiger partial charge in [0.15, 0.2) is 0 Å². The Bertz CT molecular complexity index is 412. The summed E-state index contributed by atoms with van der Waals surface area (Å²) in [6.45, 7) is 3.73. The molecule has 0 aliphatic carbocycles. The van der Waals surface area contributed by atoms with Gasteiger partial charge in [0.2, 0.25) is 0 Å². The molecule has 1 heteroatoms. The molecule has 0 spiro atoms. The van der Waals surface area contributed by atoms with E-state index in [9.17, 15) is 0 Å². The molecule has 2 rings (SSSR count).